The molecule has 1 saturated heterocycles. The fourth-order valence-electron chi connectivity index (χ4n) is 2.20. The van der Waals surface area contributed by atoms with Crippen LogP contribution in [0.4, 0.5) is 5.69 Å². The molecule has 1 N–H and O–H groups in total. The van der Waals surface area contributed by atoms with E-state index in [2.05, 4.69) is 4.90 Å². The first-order chi connectivity index (χ1) is 9.16. The number of aromatic hydroxyl groups is 1. The molecule has 104 valence electrons. The summed E-state index contributed by atoms with van der Waals surface area (Å²) in [5.74, 6) is 0.132. The van der Waals surface area contributed by atoms with Crippen LogP contribution in [0.2, 0.25) is 0 Å². The van der Waals surface area contributed by atoms with Crippen LogP contribution in [-0.4, -0.2) is 47.8 Å². The lowest BCUT2D eigenvalue weighted by molar-refractivity contribution is -0.384. The molecule has 0 amide bonds. The molecule has 0 spiro atoms. The summed E-state index contributed by atoms with van der Waals surface area (Å²) in [5, 5.41) is 20.4. The number of nitro benzene ring substituents is 1. The number of hydrogen-bond donors (Lipinski definition) is 1. The second-order valence-corrected chi connectivity index (χ2v) is 4.63. The number of hydrogen-bond acceptors (Lipinski definition) is 5. The lowest BCUT2D eigenvalue weighted by atomic mass is 10.1. The Balaban J connectivity index is 1.87. The van der Waals surface area contributed by atoms with Gasteiger partial charge in [0.05, 0.1) is 18.1 Å². The zero-order chi connectivity index (χ0) is 13.7. The lowest BCUT2D eigenvalue weighted by Crippen LogP contribution is -2.36. The predicted molar refractivity (Wildman–Crippen MR) is 70.3 cm³/mol. The standard InChI is InChI=1S/C13H18N2O4/c16-13-4-3-12(15(17)18)10-11(13)2-1-5-14-6-8-19-9-7-14/h3-4,10,16H,1-2,5-9H2. The molecule has 0 unspecified atom stereocenters. The second-order valence-electron chi connectivity index (χ2n) is 4.63. The maximum atomic E-state index is 10.7. The number of phenols is 1. The van der Waals surface area contributed by atoms with Gasteiger partial charge in [0.1, 0.15) is 5.75 Å². The summed E-state index contributed by atoms with van der Waals surface area (Å²) in [6, 6.07) is 4.16. The number of nitrogens with zero attached hydrogens (tertiary/aromatic N) is 2. The molecule has 0 saturated carbocycles. The molecular formula is C13H18N2O4. The van der Waals surface area contributed by atoms with Crippen molar-refractivity contribution in [3.8, 4) is 5.75 Å². The number of morpholine rings is 1. The summed E-state index contributed by atoms with van der Waals surface area (Å²) >= 11 is 0. The molecule has 1 aromatic carbocycles. The number of non-ortho nitro benzene ring substituents is 1. The monoisotopic (exact) mass is 266 g/mol. The third-order valence-corrected chi connectivity index (χ3v) is 3.30. The summed E-state index contributed by atoms with van der Waals surface area (Å²) in [7, 11) is 0. The highest BCUT2D eigenvalue weighted by Gasteiger charge is 2.12. The van der Waals surface area contributed by atoms with Gasteiger partial charge >= 0.3 is 0 Å². The molecule has 0 aromatic heterocycles. The Kier molecular flexibility index (Phi) is 4.70. The summed E-state index contributed by atoms with van der Waals surface area (Å²) in [6.45, 7) is 4.32. The Morgan fingerprint density at radius 2 is 2.11 bits per heavy atom. The van der Waals surface area contributed by atoms with Crippen molar-refractivity contribution >= 4 is 5.69 Å². The van der Waals surface area contributed by atoms with E-state index in [0.717, 1.165) is 39.3 Å². The number of rotatable bonds is 5. The van der Waals surface area contributed by atoms with Crippen LogP contribution in [0.1, 0.15) is 12.0 Å². The molecule has 6 nitrogen and oxygen atoms in total. The maximum Gasteiger partial charge on any atom is 0.269 e. The minimum absolute atomic E-state index is 0.0270. The average Bonchev–Trinajstić information content (AvgIpc) is 2.42. The van der Waals surface area contributed by atoms with Crippen LogP contribution in [0.15, 0.2) is 18.2 Å². The normalized spacial score (nSPS) is 16.4. The number of benzene rings is 1. The Labute approximate surface area is 111 Å². The van der Waals surface area contributed by atoms with Crippen molar-refractivity contribution in [1.82, 2.24) is 4.90 Å². The van der Waals surface area contributed by atoms with Gasteiger partial charge in [-0.2, -0.15) is 0 Å². The highest BCUT2D eigenvalue weighted by atomic mass is 16.6. The molecule has 1 heterocycles. The Morgan fingerprint density at radius 1 is 1.37 bits per heavy atom. The molecule has 19 heavy (non-hydrogen) atoms. The Morgan fingerprint density at radius 3 is 2.79 bits per heavy atom. The van der Waals surface area contributed by atoms with Crippen LogP contribution in [0.5, 0.6) is 5.75 Å². The van der Waals surface area contributed by atoms with Gasteiger partial charge in [-0.1, -0.05) is 0 Å². The quantitative estimate of drug-likeness (QED) is 0.646. The van der Waals surface area contributed by atoms with E-state index in [1.54, 1.807) is 0 Å². The fraction of sp³-hybridized carbons (Fsp3) is 0.538. The van der Waals surface area contributed by atoms with Gasteiger partial charge in [-0.15, -0.1) is 0 Å². The van der Waals surface area contributed by atoms with Gasteiger partial charge in [0.2, 0.25) is 0 Å². The van der Waals surface area contributed by atoms with E-state index in [1.807, 2.05) is 0 Å². The molecule has 2 rings (SSSR count). The molecule has 0 aliphatic carbocycles. The third-order valence-electron chi connectivity index (χ3n) is 3.30. The number of aryl methyl sites for hydroxylation is 1. The molecule has 1 aromatic rings. The lowest BCUT2D eigenvalue weighted by Gasteiger charge is -2.26. The summed E-state index contributed by atoms with van der Waals surface area (Å²) in [5.41, 5.74) is 0.668. The van der Waals surface area contributed by atoms with Crippen LogP contribution < -0.4 is 0 Å². The molecule has 1 aliphatic heterocycles. The molecule has 0 bridgehead atoms. The van der Waals surface area contributed by atoms with Gasteiger partial charge < -0.3 is 9.84 Å². The minimum atomic E-state index is -0.440. The van der Waals surface area contributed by atoms with Gasteiger partial charge in [0.15, 0.2) is 0 Å². The molecule has 6 heteroatoms. The number of nitro groups is 1. The van der Waals surface area contributed by atoms with Crippen LogP contribution in [0.3, 0.4) is 0 Å². The van der Waals surface area contributed by atoms with Gasteiger partial charge in [-0.05, 0) is 25.5 Å². The minimum Gasteiger partial charge on any atom is -0.508 e. The van der Waals surface area contributed by atoms with Crippen LogP contribution in [-0.2, 0) is 11.2 Å². The van der Waals surface area contributed by atoms with E-state index in [-0.39, 0.29) is 11.4 Å². The summed E-state index contributed by atoms with van der Waals surface area (Å²) < 4.78 is 5.27. The molecular weight excluding hydrogens is 248 g/mol. The smallest absolute Gasteiger partial charge is 0.269 e. The zero-order valence-electron chi connectivity index (χ0n) is 10.7. The van der Waals surface area contributed by atoms with Crippen molar-refractivity contribution in [1.29, 1.82) is 0 Å². The Hall–Kier alpha value is -1.66. The van der Waals surface area contributed by atoms with Crippen LogP contribution >= 0.6 is 0 Å². The van der Waals surface area contributed by atoms with Crippen molar-refractivity contribution in [2.75, 3.05) is 32.8 Å². The Bertz CT molecular complexity index is 444. The van der Waals surface area contributed by atoms with Gasteiger partial charge in [-0.3, -0.25) is 15.0 Å². The maximum absolute atomic E-state index is 10.7. The zero-order valence-corrected chi connectivity index (χ0v) is 10.7. The first kappa shape index (κ1) is 13.8. The third kappa shape index (κ3) is 3.90. The predicted octanol–water partition coefficient (Wildman–Crippen LogP) is 1.57. The van der Waals surface area contributed by atoms with Crippen molar-refractivity contribution < 1.29 is 14.8 Å². The van der Waals surface area contributed by atoms with E-state index in [9.17, 15) is 15.2 Å². The number of phenolic OH excluding ortho intramolecular Hbond substituents is 1. The van der Waals surface area contributed by atoms with Gasteiger partial charge in [0, 0.05) is 30.8 Å². The topological polar surface area (TPSA) is 75.8 Å². The van der Waals surface area contributed by atoms with Crippen molar-refractivity contribution in [3.05, 3.63) is 33.9 Å². The van der Waals surface area contributed by atoms with Crippen LogP contribution in [0, 0.1) is 10.1 Å². The fourth-order valence-corrected chi connectivity index (χ4v) is 2.20. The van der Waals surface area contributed by atoms with E-state index < -0.39 is 4.92 Å². The first-order valence-electron chi connectivity index (χ1n) is 6.43. The molecule has 0 atom stereocenters. The second kappa shape index (κ2) is 6.49. The van der Waals surface area contributed by atoms with Crippen molar-refractivity contribution in [2.24, 2.45) is 0 Å². The highest BCUT2D eigenvalue weighted by molar-refractivity contribution is 5.43. The molecule has 1 fully saturated rings. The largest absolute Gasteiger partial charge is 0.508 e. The van der Waals surface area contributed by atoms with Gasteiger partial charge in [0.25, 0.3) is 5.69 Å². The summed E-state index contributed by atoms with van der Waals surface area (Å²) in [6.07, 6.45) is 1.51. The average molecular weight is 266 g/mol. The van der Waals surface area contributed by atoms with E-state index >= 15 is 0 Å². The van der Waals surface area contributed by atoms with E-state index in [0.29, 0.717) is 12.0 Å². The van der Waals surface area contributed by atoms with Crippen LogP contribution in [0.25, 0.3) is 0 Å². The molecule has 0 radical (unpaired) electrons. The molecule has 1 aliphatic rings. The first-order valence-corrected chi connectivity index (χ1v) is 6.43. The number of ether oxygens (including phenoxy) is 1. The van der Waals surface area contributed by atoms with Crippen molar-refractivity contribution in [3.63, 3.8) is 0 Å². The summed E-state index contributed by atoms with van der Waals surface area (Å²) in [4.78, 5) is 12.6. The van der Waals surface area contributed by atoms with E-state index in [4.69, 9.17) is 4.74 Å². The van der Waals surface area contributed by atoms with E-state index in [1.165, 1.54) is 18.2 Å². The van der Waals surface area contributed by atoms with Crippen molar-refractivity contribution in [2.45, 2.75) is 12.8 Å². The SMILES string of the molecule is O=[N+]([O-])c1ccc(O)c(CCCN2CCOCC2)c1. The van der Waals surface area contributed by atoms with Gasteiger partial charge in [-0.25, -0.2) is 0 Å². The highest BCUT2D eigenvalue weighted by Crippen LogP contribution is 2.24.